The van der Waals surface area contributed by atoms with E-state index in [4.69, 9.17) is 0 Å². The first-order valence-electron chi connectivity index (χ1n) is 5.52. The first kappa shape index (κ1) is 11.4. The lowest BCUT2D eigenvalue weighted by Gasteiger charge is -1.99. The Labute approximate surface area is 113 Å². The molecule has 3 aromatic rings. The standard InChI is InChI=1S/C13H11N3S2/c1-9-5-6-11(18-9)10-8-17-13(15-10)16-12-4-2-3-7-14-12/h2-8H,1H3,(H,14,15,16). The summed E-state index contributed by atoms with van der Waals surface area (Å²) in [5, 5.41) is 6.14. The van der Waals surface area contributed by atoms with Crippen LogP contribution in [0.25, 0.3) is 10.6 Å². The maximum Gasteiger partial charge on any atom is 0.188 e. The lowest BCUT2D eigenvalue weighted by Crippen LogP contribution is -1.91. The molecule has 5 heteroatoms. The first-order valence-corrected chi connectivity index (χ1v) is 7.21. The maximum absolute atomic E-state index is 4.57. The maximum atomic E-state index is 4.57. The second kappa shape index (κ2) is 4.88. The Morgan fingerprint density at radius 1 is 1.17 bits per heavy atom. The molecule has 3 nitrogen and oxygen atoms in total. The van der Waals surface area contributed by atoms with Crippen LogP contribution < -0.4 is 5.32 Å². The van der Waals surface area contributed by atoms with E-state index in [1.54, 1.807) is 28.9 Å². The number of hydrogen-bond donors (Lipinski definition) is 1. The molecular weight excluding hydrogens is 262 g/mol. The number of nitrogens with zero attached hydrogens (tertiary/aromatic N) is 2. The number of nitrogens with one attached hydrogen (secondary N) is 1. The molecule has 0 radical (unpaired) electrons. The van der Waals surface area contributed by atoms with Crippen LogP contribution in [-0.4, -0.2) is 9.97 Å². The second-order valence-electron chi connectivity index (χ2n) is 3.79. The Morgan fingerprint density at radius 2 is 2.11 bits per heavy atom. The van der Waals surface area contributed by atoms with Gasteiger partial charge in [0.25, 0.3) is 0 Å². The highest BCUT2D eigenvalue weighted by atomic mass is 32.1. The van der Waals surface area contributed by atoms with E-state index < -0.39 is 0 Å². The molecule has 0 spiro atoms. The highest BCUT2D eigenvalue weighted by Crippen LogP contribution is 2.31. The average Bonchev–Trinajstić information content (AvgIpc) is 2.99. The number of anilines is 2. The third-order valence-electron chi connectivity index (χ3n) is 2.40. The van der Waals surface area contributed by atoms with Gasteiger partial charge in [-0.25, -0.2) is 9.97 Å². The van der Waals surface area contributed by atoms with Crippen LogP contribution in [0.4, 0.5) is 10.9 Å². The van der Waals surface area contributed by atoms with Gasteiger partial charge in [0.15, 0.2) is 5.13 Å². The fourth-order valence-corrected chi connectivity index (χ4v) is 3.18. The molecule has 0 aliphatic carbocycles. The number of aryl methyl sites for hydroxylation is 1. The van der Waals surface area contributed by atoms with E-state index in [0.29, 0.717) is 0 Å². The number of rotatable bonds is 3. The second-order valence-corrected chi connectivity index (χ2v) is 5.93. The Kier molecular flexibility index (Phi) is 3.08. The lowest BCUT2D eigenvalue weighted by atomic mass is 10.4. The van der Waals surface area contributed by atoms with Crippen molar-refractivity contribution in [2.75, 3.05) is 5.32 Å². The van der Waals surface area contributed by atoms with Crippen LogP contribution in [-0.2, 0) is 0 Å². The molecule has 3 heterocycles. The first-order chi connectivity index (χ1) is 8.81. The van der Waals surface area contributed by atoms with E-state index in [1.165, 1.54) is 9.75 Å². The number of thiophene rings is 1. The van der Waals surface area contributed by atoms with E-state index in [9.17, 15) is 0 Å². The zero-order valence-corrected chi connectivity index (χ0v) is 11.4. The summed E-state index contributed by atoms with van der Waals surface area (Å²) < 4.78 is 0. The fraction of sp³-hybridized carbons (Fsp3) is 0.0769. The molecule has 3 aromatic heterocycles. The van der Waals surface area contributed by atoms with Crippen molar-refractivity contribution >= 4 is 33.6 Å². The SMILES string of the molecule is Cc1ccc(-c2csc(Nc3ccccn3)n2)s1. The Hall–Kier alpha value is -1.72. The van der Waals surface area contributed by atoms with Crippen molar-refractivity contribution in [3.05, 3.63) is 46.8 Å². The molecule has 0 bridgehead atoms. The third kappa shape index (κ3) is 2.42. The molecule has 3 rings (SSSR count). The molecule has 0 aliphatic rings. The molecule has 1 N–H and O–H groups in total. The summed E-state index contributed by atoms with van der Waals surface area (Å²) in [6, 6.07) is 10.0. The van der Waals surface area contributed by atoms with Crippen LogP contribution in [0.1, 0.15) is 4.88 Å². The van der Waals surface area contributed by atoms with E-state index in [2.05, 4.69) is 39.7 Å². The minimum Gasteiger partial charge on any atom is -0.316 e. The van der Waals surface area contributed by atoms with E-state index in [-0.39, 0.29) is 0 Å². The van der Waals surface area contributed by atoms with E-state index in [1.807, 2.05) is 18.2 Å². The topological polar surface area (TPSA) is 37.8 Å². The van der Waals surface area contributed by atoms with E-state index in [0.717, 1.165) is 16.6 Å². The minimum atomic E-state index is 0.820. The van der Waals surface area contributed by atoms with Gasteiger partial charge in [0.2, 0.25) is 0 Å². The quantitative estimate of drug-likeness (QED) is 0.772. The molecule has 0 amide bonds. The predicted molar refractivity (Wildman–Crippen MR) is 77.7 cm³/mol. The summed E-state index contributed by atoms with van der Waals surface area (Å²) in [5.74, 6) is 0.820. The summed E-state index contributed by atoms with van der Waals surface area (Å²) in [6.45, 7) is 2.10. The van der Waals surface area contributed by atoms with Crippen molar-refractivity contribution in [1.82, 2.24) is 9.97 Å². The van der Waals surface area contributed by atoms with Crippen molar-refractivity contribution in [3.63, 3.8) is 0 Å². The van der Waals surface area contributed by atoms with Gasteiger partial charge < -0.3 is 5.32 Å². The van der Waals surface area contributed by atoms with Gasteiger partial charge in [-0.3, -0.25) is 0 Å². The molecule has 0 aromatic carbocycles. The predicted octanol–water partition coefficient (Wildman–Crippen LogP) is 4.32. The molecule has 0 saturated carbocycles. The highest BCUT2D eigenvalue weighted by Gasteiger charge is 2.06. The summed E-state index contributed by atoms with van der Waals surface area (Å²) in [7, 11) is 0. The van der Waals surface area contributed by atoms with Gasteiger partial charge in [0.1, 0.15) is 5.82 Å². The van der Waals surface area contributed by atoms with Gasteiger partial charge in [-0.15, -0.1) is 22.7 Å². The normalized spacial score (nSPS) is 10.5. The Bertz CT molecular complexity index is 643. The molecule has 90 valence electrons. The van der Waals surface area contributed by atoms with Gasteiger partial charge in [-0.2, -0.15) is 0 Å². The molecular formula is C13H11N3S2. The van der Waals surface area contributed by atoms with Crippen LogP contribution in [0.2, 0.25) is 0 Å². The monoisotopic (exact) mass is 273 g/mol. The van der Waals surface area contributed by atoms with Gasteiger partial charge in [0, 0.05) is 16.5 Å². The van der Waals surface area contributed by atoms with Gasteiger partial charge in [-0.05, 0) is 31.2 Å². The number of pyridine rings is 1. The summed E-state index contributed by atoms with van der Waals surface area (Å²) in [5.41, 5.74) is 1.02. The number of thiazole rings is 1. The minimum absolute atomic E-state index is 0.820. The van der Waals surface area contributed by atoms with Crippen LogP contribution in [0.3, 0.4) is 0 Å². The van der Waals surface area contributed by atoms with Crippen molar-refractivity contribution < 1.29 is 0 Å². The third-order valence-corrected chi connectivity index (χ3v) is 4.18. The van der Waals surface area contributed by atoms with Crippen molar-refractivity contribution in [1.29, 1.82) is 0 Å². The fourth-order valence-electron chi connectivity index (χ4n) is 1.56. The summed E-state index contributed by atoms with van der Waals surface area (Å²) in [6.07, 6.45) is 1.76. The number of hydrogen-bond acceptors (Lipinski definition) is 5. The molecule has 18 heavy (non-hydrogen) atoms. The zero-order chi connectivity index (χ0) is 12.4. The van der Waals surface area contributed by atoms with Gasteiger partial charge in [-0.1, -0.05) is 6.07 Å². The highest BCUT2D eigenvalue weighted by molar-refractivity contribution is 7.17. The van der Waals surface area contributed by atoms with Crippen LogP contribution in [0, 0.1) is 6.92 Å². The van der Waals surface area contributed by atoms with Gasteiger partial charge in [0.05, 0.1) is 10.6 Å². The Morgan fingerprint density at radius 3 is 2.83 bits per heavy atom. The van der Waals surface area contributed by atoms with Crippen LogP contribution >= 0.6 is 22.7 Å². The van der Waals surface area contributed by atoms with E-state index >= 15 is 0 Å². The van der Waals surface area contributed by atoms with Crippen molar-refractivity contribution in [2.45, 2.75) is 6.92 Å². The zero-order valence-electron chi connectivity index (χ0n) is 9.75. The Balaban J connectivity index is 1.82. The number of aromatic nitrogens is 2. The lowest BCUT2D eigenvalue weighted by molar-refractivity contribution is 1.29. The van der Waals surface area contributed by atoms with Crippen LogP contribution in [0.15, 0.2) is 41.9 Å². The molecule has 0 saturated heterocycles. The molecule has 0 atom stereocenters. The summed E-state index contributed by atoms with van der Waals surface area (Å²) in [4.78, 5) is 11.3. The summed E-state index contributed by atoms with van der Waals surface area (Å²) >= 11 is 3.35. The smallest absolute Gasteiger partial charge is 0.188 e. The largest absolute Gasteiger partial charge is 0.316 e. The van der Waals surface area contributed by atoms with Gasteiger partial charge >= 0.3 is 0 Å². The van der Waals surface area contributed by atoms with Crippen molar-refractivity contribution in [2.24, 2.45) is 0 Å². The molecule has 0 fully saturated rings. The average molecular weight is 273 g/mol. The molecule has 0 unspecified atom stereocenters. The van der Waals surface area contributed by atoms with Crippen LogP contribution in [0.5, 0.6) is 0 Å². The molecule has 0 aliphatic heterocycles. The van der Waals surface area contributed by atoms with Crippen molar-refractivity contribution in [3.8, 4) is 10.6 Å².